The number of nitrogens with zero attached hydrogens (tertiary/aromatic N) is 1. The van der Waals surface area contributed by atoms with Crippen molar-refractivity contribution in [2.24, 2.45) is 0 Å². The molecular weight excluding hydrogens is 388 g/mol. The number of rotatable bonds is 5. The van der Waals surface area contributed by atoms with E-state index in [2.05, 4.69) is 5.32 Å². The Hall–Kier alpha value is -2.09. The minimum atomic E-state index is -3.58. The second kappa shape index (κ2) is 7.88. The lowest BCUT2D eigenvalue weighted by atomic mass is 10.1. The van der Waals surface area contributed by atoms with Gasteiger partial charge in [-0.2, -0.15) is 4.31 Å². The minimum Gasteiger partial charge on any atom is -0.495 e. The van der Waals surface area contributed by atoms with E-state index in [1.165, 1.54) is 17.5 Å². The van der Waals surface area contributed by atoms with Crippen LogP contribution in [0.3, 0.4) is 0 Å². The van der Waals surface area contributed by atoms with Gasteiger partial charge in [-0.3, -0.25) is 4.79 Å². The standard InChI is InChI=1S/C19H21ClN2O4S/c1-13-5-7-15(27(24,25)22-9-3-4-10-22)12-16(13)19(23)21-14-6-8-18(26-2)17(20)11-14/h5-8,11-12H,3-4,9-10H2,1-2H3,(H,21,23). The molecule has 8 heteroatoms. The van der Waals surface area contributed by atoms with Gasteiger partial charge >= 0.3 is 0 Å². The third kappa shape index (κ3) is 4.10. The van der Waals surface area contributed by atoms with Crippen LogP contribution in [0.4, 0.5) is 5.69 Å². The Bertz CT molecular complexity index is 970. The van der Waals surface area contributed by atoms with Crippen LogP contribution >= 0.6 is 11.6 Å². The van der Waals surface area contributed by atoms with Gasteiger partial charge in [-0.1, -0.05) is 17.7 Å². The van der Waals surface area contributed by atoms with Gasteiger partial charge in [0, 0.05) is 24.3 Å². The molecule has 1 amide bonds. The molecule has 1 heterocycles. The van der Waals surface area contributed by atoms with Crippen molar-refractivity contribution < 1.29 is 17.9 Å². The zero-order valence-corrected chi connectivity index (χ0v) is 16.7. The van der Waals surface area contributed by atoms with E-state index in [4.69, 9.17) is 16.3 Å². The number of hydrogen-bond donors (Lipinski definition) is 1. The molecule has 0 aliphatic carbocycles. The lowest BCUT2D eigenvalue weighted by Gasteiger charge is -2.17. The maximum absolute atomic E-state index is 12.8. The van der Waals surface area contributed by atoms with E-state index in [0.29, 0.717) is 40.7 Å². The number of aryl methyl sites for hydroxylation is 1. The molecule has 0 saturated carbocycles. The van der Waals surface area contributed by atoms with Crippen molar-refractivity contribution in [3.05, 3.63) is 52.5 Å². The van der Waals surface area contributed by atoms with Crippen LogP contribution in [-0.2, 0) is 10.0 Å². The van der Waals surface area contributed by atoms with Gasteiger partial charge in [0.15, 0.2) is 0 Å². The van der Waals surface area contributed by atoms with Crippen LogP contribution in [0, 0.1) is 6.92 Å². The summed E-state index contributed by atoms with van der Waals surface area (Å²) in [6.07, 6.45) is 1.72. The molecule has 27 heavy (non-hydrogen) atoms. The number of nitrogens with one attached hydrogen (secondary N) is 1. The lowest BCUT2D eigenvalue weighted by Crippen LogP contribution is -2.28. The maximum atomic E-state index is 12.8. The topological polar surface area (TPSA) is 75.7 Å². The first-order valence-electron chi connectivity index (χ1n) is 8.58. The van der Waals surface area contributed by atoms with E-state index in [-0.39, 0.29) is 4.90 Å². The van der Waals surface area contributed by atoms with Gasteiger partial charge in [-0.05, 0) is 55.7 Å². The fourth-order valence-corrected chi connectivity index (χ4v) is 4.83. The Labute approximate surface area is 164 Å². The molecule has 6 nitrogen and oxygen atoms in total. The summed E-state index contributed by atoms with van der Waals surface area (Å²) in [5, 5.41) is 3.12. The van der Waals surface area contributed by atoms with Gasteiger partial charge in [0.1, 0.15) is 5.75 Å². The average Bonchev–Trinajstić information content (AvgIpc) is 3.17. The predicted octanol–water partition coefficient (Wildman–Crippen LogP) is 3.69. The number of sulfonamides is 1. The molecule has 0 spiro atoms. The van der Waals surface area contributed by atoms with Crippen molar-refractivity contribution in [1.82, 2.24) is 4.31 Å². The maximum Gasteiger partial charge on any atom is 0.255 e. The monoisotopic (exact) mass is 408 g/mol. The first-order chi connectivity index (χ1) is 12.8. The number of carbonyl (C=O) groups is 1. The number of carbonyl (C=O) groups excluding carboxylic acids is 1. The Morgan fingerprint density at radius 2 is 1.85 bits per heavy atom. The highest BCUT2D eigenvalue weighted by molar-refractivity contribution is 7.89. The lowest BCUT2D eigenvalue weighted by molar-refractivity contribution is 0.102. The van der Waals surface area contributed by atoms with Crippen molar-refractivity contribution in [1.29, 1.82) is 0 Å². The zero-order valence-electron chi connectivity index (χ0n) is 15.2. The number of hydrogen-bond acceptors (Lipinski definition) is 4. The Morgan fingerprint density at radius 1 is 1.15 bits per heavy atom. The molecule has 0 unspecified atom stereocenters. The summed E-state index contributed by atoms with van der Waals surface area (Å²) in [6, 6.07) is 9.53. The van der Waals surface area contributed by atoms with Crippen molar-refractivity contribution >= 4 is 33.2 Å². The second-order valence-electron chi connectivity index (χ2n) is 6.39. The fourth-order valence-electron chi connectivity index (χ4n) is 3.03. The molecule has 3 rings (SSSR count). The van der Waals surface area contributed by atoms with Crippen LogP contribution in [0.5, 0.6) is 5.75 Å². The van der Waals surface area contributed by atoms with Crippen molar-refractivity contribution in [2.75, 3.05) is 25.5 Å². The molecule has 1 N–H and O–H groups in total. The van der Waals surface area contributed by atoms with Gasteiger partial charge in [0.25, 0.3) is 5.91 Å². The molecule has 2 aromatic carbocycles. The van der Waals surface area contributed by atoms with E-state index in [0.717, 1.165) is 12.8 Å². The first-order valence-corrected chi connectivity index (χ1v) is 10.4. The Kier molecular flexibility index (Phi) is 5.74. The summed E-state index contributed by atoms with van der Waals surface area (Å²) in [6.45, 7) is 2.80. The van der Waals surface area contributed by atoms with Crippen molar-refractivity contribution in [2.45, 2.75) is 24.7 Å². The second-order valence-corrected chi connectivity index (χ2v) is 8.74. The van der Waals surface area contributed by atoms with Gasteiger partial charge in [-0.15, -0.1) is 0 Å². The van der Waals surface area contributed by atoms with Crippen LogP contribution in [0.2, 0.25) is 5.02 Å². The largest absolute Gasteiger partial charge is 0.495 e. The van der Waals surface area contributed by atoms with Gasteiger partial charge < -0.3 is 10.1 Å². The van der Waals surface area contributed by atoms with Gasteiger partial charge in [-0.25, -0.2) is 8.42 Å². The highest BCUT2D eigenvalue weighted by Crippen LogP contribution is 2.28. The summed E-state index contributed by atoms with van der Waals surface area (Å²) in [7, 11) is -2.08. The molecule has 1 aliphatic heterocycles. The molecular formula is C19H21ClN2O4S. The number of ether oxygens (including phenoxy) is 1. The third-order valence-corrected chi connectivity index (χ3v) is 6.76. The molecule has 144 valence electrons. The third-order valence-electron chi connectivity index (χ3n) is 4.57. The van der Waals surface area contributed by atoms with E-state index in [9.17, 15) is 13.2 Å². The van der Waals surface area contributed by atoms with Crippen molar-refractivity contribution in [3.8, 4) is 5.75 Å². The van der Waals surface area contributed by atoms with Crippen LogP contribution < -0.4 is 10.1 Å². The highest BCUT2D eigenvalue weighted by atomic mass is 35.5. The summed E-state index contributed by atoms with van der Waals surface area (Å²) in [5.74, 6) is 0.108. The predicted molar refractivity (Wildman–Crippen MR) is 105 cm³/mol. The summed E-state index contributed by atoms with van der Waals surface area (Å²) >= 11 is 6.09. The number of amides is 1. The van der Waals surface area contributed by atoms with Gasteiger partial charge in [0.05, 0.1) is 17.0 Å². The normalized spacial score (nSPS) is 14.9. The average molecular weight is 409 g/mol. The van der Waals surface area contributed by atoms with Crippen LogP contribution in [0.25, 0.3) is 0 Å². The highest BCUT2D eigenvalue weighted by Gasteiger charge is 2.28. The molecule has 0 radical (unpaired) electrons. The minimum absolute atomic E-state index is 0.132. The Balaban J connectivity index is 1.87. The van der Waals surface area contributed by atoms with Crippen LogP contribution in [0.15, 0.2) is 41.3 Å². The number of methoxy groups -OCH3 is 1. The number of halogens is 1. The first kappa shape index (κ1) is 19.7. The number of anilines is 1. The molecule has 2 aromatic rings. The molecule has 1 fully saturated rings. The molecule has 0 atom stereocenters. The summed E-state index contributed by atoms with van der Waals surface area (Å²) in [5.41, 5.74) is 1.49. The van der Waals surface area contributed by atoms with Crippen LogP contribution in [0.1, 0.15) is 28.8 Å². The molecule has 0 aromatic heterocycles. The zero-order chi connectivity index (χ0) is 19.6. The SMILES string of the molecule is COc1ccc(NC(=O)c2cc(S(=O)(=O)N3CCCC3)ccc2C)cc1Cl. The van der Waals surface area contributed by atoms with Crippen LogP contribution in [-0.4, -0.2) is 38.8 Å². The smallest absolute Gasteiger partial charge is 0.255 e. The molecule has 1 saturated heterocycles. The Morgan fingerprint density at radius 3 is 2.48 bits per heavy atom. The summed E-state index contributed by atoms with van der Waals surface area (Å²) < 4.78 is 32.1. The van der Waals surface area contributed by atoms with Crippen molar-refractivity contribution in [3.63, 3.8) is 0 Å². The van der Waals surface area contributed by atoms with E-state index >= 15 is 0 Å². The quantitative estimate of drug-likeness (QED) is 0.818. The molecule has 0 bridgehead atoms. The summed E-state index contributed by atoms with van der Waals surface area (Å²) in [4.78, 5) is 12.8. The molecule has 1 aliphatic rings. The van der Waals surface area contributed by atoms with E-state index < -0.39 is 15.9 Å². The van der Waals surface area contributed by atoms with E-state index in [1.807, 2.05) is 0 Å². The van der Waals surface area contributed by atoms with Gasteiger partial charge in [0.2, 0.25) is 10.0 Å². The van der Waals surface area contributed by atoms with E-state index in [1.54, 1.807) is 37.3 Å². The number of benzene rings is 2. The fraction of sp³-hybridized carbons (Fsp3) is 0.316.